The summed E-state index contributed by atoms with van der Waals surface area (Å²) in [5.74, 6) is 0. The largest absolute Gasteiger partial charge is 0.309 e. The molecule has 10 aromatic rings. The van der Waals surface area contributed by atoms with Crippen LogP contribution in [0.15, 0.2) is 140 Å². The Balaban J connectivity index is 1.48. The van der Waals surface area contributed by atoms with E-state index in [0.29, 0.717) is 0 Å². The van der Waals surface area contributed by atoms with E-state index >= 15 is 0 Å². The minimum absolute atomic E-state index is 0.938. The lowest BCUT2D eigenvalue weighted by Crippen LogP contribution is -1.96. The molecule has 0 N–H and O–H groups in total. The maximum absolute atomic E-state index is 4.86. The minimum atomic E-state index is 0.938. The van der Waals surface area contributed by atoms with Crippen LogP contribution in [0.25, 0.3) is 82.4 Å². The van der Waals surface area contributed by atoms with E-state index in [1.54, 1.807) is 0 Å². The first-order valence-corrected chi connectivity index (χ1v) is 14.5. The fraction of sp³-hybridized carbons (Fsp3) is 0. The summed E-state index contributed by atoms with van der Waals surface area (Å²) in [4.78, 5) is 9.67. The molecule has 0 amide bonds. The van der Waals surface area contributed by atoms with Crippen LogP contribution in [0.1, 0.15) is 0 Å². The zero-order chi connectivity index (χ0) is 28.1. The predicted octanol–water partition coefficient (Wildman–Crippen LogP) is 9.23. The van der Waals surface area contributed by atoms with Crippen molar-refractivity contribution in [2.45, 2.75) is 0 Å². The highest BCUT2D eigenvalue weighted by atomic mass is 15.0. The molecular formula is C38H23N5. The van der Waals surface area contributed by atoms with Crippen LogP contribution < -0.4 is 0 Å². The lowest BCUT2D eigenvalue weighted by Gasteiger charge is -2.11. The van der Waals surface area contributed by atoms with Gasteiger partial charge in [0.2, 0.25) is 0 Å². The summed E-state index contributed by atoms with van der Waals surface area (Å²) >= 11 is 0. The number of hydrogen-bond acceptors (Lipinski definition) is 2. The fourth-order valence-corrected chi connectivity index (χ4v) is 7.18. The molecule has 0 atom stereocenters. The first kappa shape index (κ1) is 22.7. The molecule has 0 aliphatic rings. The molecular weight excluding hydrogens is 526 g/mol. The molecule has 10 rings (SSSR count). The Morgan fingerprint density at radius 2 is 1.19 bits per heavy atom. The van der Waals surface area contributed by atoms with Crippen molar-refractivity contribution in [1.29, 1.82) is 0 Å². The van der Waals surface area contributed by atoms with Crippen LogP contribution in [-0.4, -0.2) is 23.5 Å². The average Bonchev–Trinajstić information content (AvgIpc) is 3.78. The Morgan fingerprint density at radius 3 is 2.02 bits per heavy atom. The lowest BCUT2D eigenvalue weighted by atomic mass is 10.0. The summed E-state index contributed by atoms with van der Waals surface area (Å²) in [7, 11) is 0. The molecule has 0 saturated heterocycles. The fourth-order valence-electron chi connectivity index (χ4n) is 7.18. The highest BCUT2D eigenvalue weighted by Gasteiger charge is 2.22. The second kappa shape index (κ2) is 8.30. The van der Waals surface area contributed by atoms with Gasteiger partial charge in [-0.15, -0.1) is 0 Å². The van der Waals surface area contributed by atoms with Gasteiger partial charge in [0.25, 0.3) is 0 Å². The van der Waals surface area contributed by atoms with Crippen LogP contribution in [0.5, 0.6) is 0 Å². The molecule has 0 aliphatic heterocycles. The Hall–Kier alpha value is -5.94. The van der Waals surface area contributed by atoms with Crippen molar-refractivity contribution < 1.29 is 0 Å². The van der Waals surface area contributed by atoms with E-state index in [9.17, 15) is 0 Å². The van der Waals surface area contributed by atoms with E-state index in [0.717, 1.165) is 44.3 Å². The molecule has 0 bridgehead atoms. The number of aromatic nitrogens is 5. The second-order valence-electron chi connectivity index (χ2n) is 11.1. The average molecular weight is 550 g/mol. The number of hydrogen-bond donors (Lipinski definition) is 0. The number of nitrogens with zero attached hydrogens (tertiary/aromatic N) is 5. The molecule has 43 heavy (non-hydrogen) atoms. The molecule has 200 valence electrons. The van der Waals surface area contributed by atoms with Gasteiger partial charge < -0.3 is 9.13 Å². The molecule has 5 heterocycles. The molecule has 0 fully saturated rings. The van der Waals surface area contributed by atoms with Crippen molar-refractivity contribution in [2.24, 2.45) is 0 Å². The lowest BCUT2D eigenvalue weighted by molar-refractivity contribution is 1.17. The SMILES string of the molecule is c1ccc(-n2c3ccccc3c3c2ccc2c4cc5c(cc4n(-c4ccccc4)c23)c2nccn2c2cccnc52)cc1. The van der Waals surface area contributed by atoms with Crippen LogP contribution in [0.3, 0.4) is 0 Å². The van der Waals surface area contributed by atoms with Crippen LogP contribution in [-0.2, 0) is 0 Å². The monoisotopic (exact) mass is 549 g/mol. The number of benzene rings is 5. The van der Waals surface area contributed by atoms with Gasteiger partial charge in [0.05, 0.1) is 33.1 Å². The summed E-state index contributed by atoms with van der Waals surface area (Å²) in [6.07, 6.45) is 5.78. The molecule has 0 aliphatic carbocycles. The Morgan fingerprint density at radius 1 is 0.442 bits per heavy atom. The highest BCUT2D eigenvalue weighted by Crippen LogP contribution is 2.43. The van der Waals surface area contributed by atoms with Crippen LogP contribution in [0, 0.1) is 0 Å². The summed E-state index contributed by atoms with van der Waals surface area (Å²) in [6.45, 7) is 0. The van der Waals surface area contributed by atoms with E-state index in [1.807, 2.05) is 24.7 Å². The van der Waals surface area contributed by atoms with Gasteiger partial charge in [-0.25, -0.2) is 4.98 Å². The van der Waals surface area contributed by atoms with Gasteiger partial charge in [0, 0.05) is 62.3 Å². The Bertz CT molecular complexity index is 2710. The summed E-state index contributed by atoms with van der Waals surface area (Å²) < 4.78 is 6.98. The molecule has 0 unspecified atom stereocenters. The Kier molecular flexibility index (Phi) is 4.39. The third-order valence-electron chi connectivity index (χ3n) is 8.91. The number of fused-ring (bicyclic) bond motifs is 13. The normalized spacial score (nSPS) is 12.2. The second-order valence-corrected chi connectivity index (χ2v) is 11.1. The highest BCUT2D eigenvalue weighted by molar-refractivity contribution is 6.28. The van der Waals surface area contributed by atoms with Gasteiger partial charge in [0.15, 0.2) is 0 Å². The predicted molar refractivity (Wildman–Crippen MR) is 177 cm³/mol. The van der Waals surface area contributed by atoms with Gasteiger partial charge in [-0.3, -0.25) is 9.38 Å². The number of para-hydroxylation sites is 3. The van der Waals surface area contributed by atoms with Crippen molar-refractivity contribution in [3.05, 3.63) is 140 Å². The van der Waals surface area contributed by atoms with Crippen LogP contribution in [0.4, 0.5) is 0 Å². The van der Waals surface area contributed by atoms with Crippen molar-refractivity contribution in [1.82, 2.24) is 23.5 Å². The smallest absolute Gasteiger partial charge is 0.145 e. The van der Waals surface area contributed by atoms with Crippen molar-refractivity contribution in [3.63, 3.8) is 0 Å². The third-order valence-corrected chi connectivity index (χ3v) is 8.91. The number of pyridine rings is 2. The quantitative estimate of drug-likeness (QED) is 0.202. The van der Waals surface area contributed by atoms with Gasteiger partial charge >= 0.3 is 0 Å². The third kappa shape index (κ3) is 2.95. The standard InChI is InChI=1S/C38H23N5/c1-3-10-24(11-4-1)42-31-15-8-7-14-27(31)35-32(42)18-17-26-28-22-29-30(23-34(28)43(37(26)35)25-12-5-2-6-13-25)38-40-20-21-41(38)33-16-9-19-39-36(29)33/h1-23H. The molecule has 5 aromatic carbocycles. The molecule has 0 radical (unpaired) electrons. The Labute approximate surface area is 245 Å². The maximum Gasteiger partial charge on any atom is 0.145 e. The van der Waals surface area contributed by atoms with E-state index in [-0.39, 0.29) is 0 Å². The van der Waals surface area contributed by atoms with E-state index in [4.69, 9.17) is 9.97 Å². The number of imidazole rings is 1. The van der Waals surface area contributed by atoms with Crippen molar-refractivity contribution in [2.75, 3.05) is 0 Å². The summed E-state index contributed by atoms with van der Waals surface area (Å²) in [5.41, 5.74) is 9.99. The first-order chi connectivity index (χ1) is 21.4. The molecule has 5 aromatic heterocycles. The zero-order valence-corrected chi connectivity index (χ0v) is 23.0. The van der Waals surface area contributed by atoms with E-state index < -0.39 is 0 Å². The van der Waals surface area contributed by atoms with Crippen LogP contribution in [0.2, 0.25) is 0 Å². The van der Waals surface area contributed by atoms with Crippen LogP contribution >= 0.6 is 0 Å². The van der Waals surface area contributed by atoms with Gasteiger partial charge in [-0.05, 0) is 60.7 Å². The van der Waals surface area contributed by atoms with Gasteiger partial charge in [-0.2, -0.15) is 0 Å². The molecule has 0 saturated carbocycles. The summed E-state index contributed by atoms with van der Waals surface area (Å²) in [5, 5.41) is 7.10. The molecule has 5 heteroatoms. The molecule has 5 nitrogen and oxygen atoms in total. The van der Waals surface area contributed by atoms with Gasteiger partial charge in [0.1, 0.15) is 5.65 Å². The topological polar surface area (TPSA) is 40.0 Å². The van der Waals surface area contributed by atoms with E-state index in [2.05, 4.69) is 129 Å². The van der Waals surface area contributed by atoms with Crippen molar-refractivity contribution >= 4 is 71.1 Å². The zero-order valence-electron chi connectivity index (χ0n) is 23.0. The molecule has 0 spiro atoms. The van der Waals surface area contributed by atoms with E-state index in [1.165, 1.54) is 38.1 Å². The van der Waals surface area contributed by atoms with Crippen molar-refractivity contribution in [3.8, 4) is 11.4 Å². The number of rotatable bonds is 2. The maximum atomic E-state index is 4.86. The summed E-state index contributed by atoms with van der Waals surface area (Å²) in [6, 6.07) is 43.5. The van der Waals surface area contributed by atoms with Gasteiger partial charge in [-0.1, -0.05) is 60.7 Å². The minimum Gasteiger partial charge on any atom is -0.309 e. The first-order valence-electron chi connectivity index (χ1n) is 14.5.